The molecule has 0 spiro atoms. The van der Waals surface area contributed by atoms with Crippen molar-refractivity contribution in [2.75, 3.05) is 27.2 Å². The van der Waals surface area contributed by atoms with Gasteiger partial charge in [0.2, 0.25) is 0 Å². The molecule has 0 atom stereocenters. The first kappa shape index (κ1) is 11.7. The zero-order chi connectivity index (χ0) is 7.70. The Kier molecular flexibility index (Phi) is 14.0. The van der Waals surface area contributed by atoms with E-state index in [0.29, 0.717) is 6.61 Å². The Morgan fingerprint density at radius 1 is 1.22 bits per heavy atom. The maximum absolute atomic E-state index is 8.29. The van der Waals surface area contributed by atoms with Crippen LogP contribution in [0.5, 0.6) is 0 Å². The topological polar surface area (TPSA) is 23.5 Å². The molecule has 58 valence electrons. The van der Waals surface area contributed by atoms with E-state index in [1.165, 1.54) is 0 Å². The minimum Gasteiger partial charge on any atom is -0.396 e. The molecule has 0 fully saturated rings. The van der Waals surface area contributed by atoms with Gasteiger partial charge in [0.15, 0.2) is 0 Å². The van der Waals surface area contributed by atoms with Crippen molar-refractivity contribution >= 4 is 0 Å². The van der Waals surface area contributed by atoms with E-state index in [-0.39, 0.29) is 0 Å². The van der Waals surface area contributed by atoms with Crippen LogP contribution in [0.3, 0.4) is 0 Å². The highest BCUT2D eigenvalue weighted by atomic mass is 16.3. The molecule has 0 rings (SSSR count). The van der Waals surface area contributed by atoms with Gasteiger partial charge in [-0.05, 0) is 27.1 Å². The van der Waals surface area contributed by atoms with E-state index in [1.807, 2.05) is 27.9 Å². The van der Waals surface area contributed by atoms with Crippen LogP contribution in [-0.2, 0) is 0 Å². The molecule has 0 unspecified atom stereocenters. The number of rotatable bonds is 3. The molecule has 1 N–H and O–H groups in total. The molecular weight excluding hydrogens is 114 g/mol. The Hall–Kier alpha value is -0.0800. The fourth-order valence-electron chi connectivity index (χ4n) is 0.387. The molecule has 0 saturated carbocycles. The summed E-state index contributed by atoms with van der Waals surface area (Å²) in [5.74, 6) is 0. The zero-order valence-corrected chi connectivity index (χ0v) is 7.02. The van der Waals surface area contributed by atoms with Crippen LogP contribution in [0.4, 0.5) is 0 Å². The molecule has 2 heteroatoms. The molecule has 0 aromatic heterocycles. The lowest BCUT2D eigenvalue weighted by molar-refractivity contribution is 0.263. The molecule has 0 saturated heterocycles. The second-order valence-corrected chi connectivity index (χ2v) is 1.88. The summed E-state index contributed by atoms with van der Waals surface area (Å²) in [5, 5.41) is 8.29. The predicted octanol–water partition coefficient (Wildman–Crippen LogP) is 0.957. The number of aliphatic hydroxyl groups is 1. The minimum atomic E-state index is 0.304. The van der Waals surface area contributed by atoms with Crippen molar-refractivity contribution in [3.63, 3.8) is 0 Å². The molecular formula is C7H19NO. The summed E-state index contributed by atoms with van der Waals surface area (Å²) >= 11 is 0. The number of aliphatic hydroxyl groups excluding tert-OH is 1. The lowest BCUT2D eigenvalue weighted by Gasteiger charge is -2.05. The van der Waals surface area contributed by atoms with Crippen LogP contribution < -0.4 is 0 Å². The molecule has 0 aliphatic rings. The summed E-state index contributed by atoms with van der Waals surface area (Å²) in [6.45, 7) is 5.29. The monoisotopic (exact) mass is 133 g/mol. The normalized spacial score (nSPS) is 8.67. The van der Waals surface area contributed by atoms with Crippen LogP contribution in [0.1, 0.15) is 20.3 Å². The SMILES string of the molecule is CC.CN(C)CCCO. The Labute approximate surface area is 58.5 Å². The van der Waals surface area contributed by atoms with E-state index in [4.69, 9.17) is 5.11 Å². The Morgan fingerprint density at radius 3 is 1.78 bits per heavy atom. The quantitative estimate of drug-likeness (QED) is 0.619. The van der Waals surface area contributed by atoms with E-state index in [2.05, 4.69) is 4.90 Å². The lowest BCUT2D eigenvalue weighted by atomic mass is 10.4. The molecule has 2 nitrogen and oxygen atoms in total. The van der Waals surface area contributed by atoms with Crippen molar-refractivity contribution in [3.8, 4) is 0 Å². The van der Waals surface area contributed by atoms with Gasteiger partial charge < -0.3 is 10.0 Å². The highest BCUT2D eigenvalue weighted by Crippen LogP contribution is 1.77. The predicted molar refractivity (Wildman–Crippen MR) is 41.6 cm³/mol. The van der Waals surface area contributed by atoms with Gasteiger partial charge in [-0.1, -0.05) is 13.8 Å². The van der Waals surface area contributed by atoms with E-state index in [9.17, 15) is 0 Å². The smallest absolute Gasteiger partial charge is 0.0443 e. The third kappa shape index (κ3) is 18.1. The number of hydrogen-bond donors (Lipinski definition) is 1. The lowest BCUT2D eigenvalue weighted by Crippen LogP contribution is -2.13. The average molecular weight is 133 g/mol. The summed E-state index contributed by atoms with van der Waals surface area (Å²) in [6, 6.07) is 0. The van der Waals surface area contributed by atoms with Gasteiger partial charge in [0.05, 0.1) is 0 Å². The molecule has 0 aliphatic heterocycles. The fourth-order valence-corrected chi connectivity index (χ4v) is 0.387. The number of hydrogen-bond acceptors (Lipinski definition) is 2. The van der Waals surface area contributed by atoms with Crippen molar-refractivity contribution in [2.45, 2.75) is 20.3 Å². The van der Waals surface area contributed by atoms with E-state index in [0.717, 1.165) is 13.0 Å². The highest BCUT2D eigenvalue weighted by molar-refractivity contribution is 4.39. The van der Waals surface area contributed by atoms with Crippen LogP contribution in [0.2, 0.25) is 0 Å². The van der Waals surface area contributed by atoms with Crippen molar-refractivity contribution in [2.24, 2.45) is 0 Å². The van der Waals surface area contributed by atoms with Gasteiger partial charge in [-0.2, -0.15) is 0 Å². The standard InChI is InChI=1S/C5H13NO.C2H6/c1-6(2)4-3-5-7;1-2/h7H,3-5H2,1-2H3;1-2H3. The minimum absolute atomic E-state index is 0.304. The van der Waals surface area contributed by atoms with E-state index >= 15 is 0 Å². The third-order valence-electron chi connectivity index (χ3n) is 0.763. The average Bonchev–Trinajstić information content (AvgIpc) is 1.88. The zero-order valence-electron chi connectivity index (χ0n) is 7.02. The van der Waals surface area contributed by atoms with Crippen LogP contribution in [-0.4, -0.2) is 37.3 Å². The van der Waals surface area contributed by atoms with Crippen molar-refractivity contribution < 1.29 is 5.11 Å². The molecule has 0 bridgehead atoms. The summed E-state index contributed by atoms with van der Waals surface area (Å²) in [6.07, 6.45) is 0.882. The van der Waals surface area contributed by atoms with Crippen molar-refractivity contribution in [1.82, 2.24) is 4.90 Å². The van der Waals surface area contributed by atoms with Crippen LogP contribution in [0.15, 0.2) is 0 Å². The van der Waals surface area contributed by atoms with Crippen LogP contribution in [0.25, 0.3) is 0 Å². The summed E-state index contributed by atoms with van der Waals surface area (Å²) in [4.78, 5) is 2.05. The first-order valence-electron chi connectivity index (χ1n) is 3.53. The second kappa shape index (κ2) is 10.8. The molecule has 0 aromatic rings. The third-order valence-corrected chi connectivity index (χ3v) is 0.763. The molecule has 0 radical (unpaired) electrons. The molecule has 0 heterocycles. The van der Waals surface area contributed by atoms with Gasteiger partial charge in [0, 0.05) is 6.61 Å². The van der Waals surface area contributed by atoms with Crippen LogP contribution in [0, 0.1) is 0 Å². The molecule has 9 heavy (non-hydrogen) atoms. The largest absolute Gasteiger partial charge is 0.396 e. The molecule has 0 aromatic carbocycles. The first-order chi connectivity index (χ1) is 4.27. The number of nitrogens with zero attached hydrogens (tertiary/aromatic N) is 1. The second-order valence-electron chi connectivity index (χ2n) is 1.88. The van der Waals surface area contributed by atoms with Crippen LogP contribution >= 0.6 is 0 Å². The van der Waals surface area contributed by atoms with Gasteiger partial charge in [-0.25, -0.2) is 0 Å². The maximum Gasteiger partial charge on any atom is 0.0443 e. The van der Waals surface area contributed by atoms with Gasteiger partial charge in [-0.15, -0.1) is 0 Å². The van der Waals surface area contributed by atoms with Gasteiger partial charge in [-0.3, -0.25) is 0 Å². The Bertz CT molecular complexity index is 37.9. The van der Waals surface area contributed by atoms with Gasteiger partial charge in [0.25, 0.3) is 0 Å². The summed E-state index contributed by atoms with van der Waals surface area (Å²) in [7, 11) is 3.99. The Balaban J connectivity index is 0. The van der Waals surface area contributed by atoms with E-state index in [1.54, 1.807) is 0 Å². The molecule has 0 aliphatic carbocycles. The molecule has 0 amide bonds. The van der Waals surface area contributed by atoms with Crippen molar-refractivity contribution in [1.29, 1.82) is 0 Å². The fraction of sp³-hybridized carbons (Fsp3) is 1.00. The maximum atomic E-state index is 8.29. The van der Waals surface area contributed by atoms with E-state index < -0.39 is 0 Å². The van der Waals surface area contributed by atoms with Gasteiger partial charge >= 0.3 is 0 Å². The summed E-state index contributed by atoms with van der Waals surface area (Å²) in [5.41, 5.74) is 0. The summed E-state index contributed by atoms with van der Waals surface area (Å²) < 4.78 is 0. The first-order valence-corrected chi connectivity index (χ1v) is 3.53. The highest BCUT2D eigenvalue weighted by Gasteiger charge is 1.84. The van der Waals surface area contributed by atoms with Gasteiger partial charge in [0.1, 0.15) is 0 Å². The Morgan fingerprint density at radius 2 is 1.67 bits per heavy atom. The van der Waals surface area contributed by atoms with Crippen molar-refractivity contribution in [3.05, 3.63) is 0 Å².